The molecule has 0 unspecified atom stereocenters. The molecule has 2 heterocycles. The van der Waals surface area contributed by atoms with Crippen LogP contribution in [0.1, 0.15) is 28.4 Å². The van der Waals surface area contributed by atoms with Gasteiger partial charge >= 0.3 is 0 Å². The molecule has 0 atom stereocenters. The maximum absolute atomic E-state index is 13.1. The highest BCUT2D eigenvalue weighted by Gasteiger charge is 2.18. The van der Waals surface area contributed by atoms with Crippen LogP contribution in [-0.4, -0.2) is 48.5 Å². The van der Waals surface area contributed by atoms with Crippen molar-refractivity contribution < 1.29 is 9.18 Å². The number of benzene rings is 2. The molecule has 1 aliphatic rings. The van der Waals surface area contributed by atoms with E-state index in [1.807, 2.05) is 13.0 Å². The minimum atomic E-state index is -0.258. The van der Waals surface area contributed by atoms with E-state index < -0.39 is 0 Å². The lowest BCUT2D eigenvalue weighted by Crippen LogP contribution is -2.46. The first-order valence-electron chi connectivity index (χ1n) is 11.2. The second-order valence-electron chi connectivity index (χ2n) is 8.15. The summed E-state index contributed by atoms with van der Waals surface area (Å²) in [5.74, 6) is 0.166. The van der Waals surface area contributed by atoms with Crippen molar-refractivity contribution in [3.8, 4) is 0 Å². The molecule has 0 radical (unpaired) electrons. The Morgan fingerprint density at radius 2 is 1.85 bits per heavy atom. The molecule has 2 aromatic carbocycles. The summed E-state index contributed by atoms with van der Waals surface area (Å²) in [7, 11) is 0. The number of nitrogens with one attached hydrogen (secondary N) is 1. The highest BCUT2D eigenvalue weighted by atomic mass is 32.2. The second-order valence-corrected chi connectivity index (χ2v) is 9.11. The van der Waals surface area contributed by atoms with E-state index in [9.17, 15) is 9.18 Å². The molecule has 1 amide bonds. The van der Waals surface area contributed by atoms with Gasteiger partial charge in [0, 0.05) is 49.5 Å². The van der Waals surface area contributed by atoms with Gasteiger partial charge in [0.15, 0.2) is 0 Å². The molecule has 0 aliphatic carbocycles. The minimum Gasteiger partial charge on any atom is -0.369 e. The van der Waals surface area contributed by atoms with Crippen LogP contribution < -0.4 is 10.2 Å². The fraction of sp³-hybridized carbons (Fsp3) is 0.308. The molecule has 1 aliphatic heterocycles. The smallest absolute Gasteiger partial charge is 0.258 e. The average Bonchev–Trinajstić information content (AvgIpc) is 2.85. The average molecular weight is 465 g/mol. The summed E-state index contributed by atoms with van der Waals surface area (Å²) in [6.07, 6.45) is 1.68. The van der Waals surface area contributed by atoms with E-state index in [1.54, 1.807) is 30.5 Å². The van der Waals surface area contributed by atoms with Crippen molar-refractivity contribution in [3.05, 3.63) is 83.3 Å². The lowest BCUT2D eigenvalue weighted by Gasteiger charge is -2.35. The summed E-state index contributed by atoms with van der Waals surface area (Å²) in [4.78, 5) is 22.3. The predicted octanol–water partition coefficient (Wildman–Crippen LogP) is 5.22. The van der Waals surface area contributed by atoms with Crippen LogP contribution in [0.25, 0.3) is 0 Å². The Labute approximate surface area is 199 Å². The van der Waals surface area contributed by atoms with Crippen LogP contribution in [0.4, 0.5) is 15.8 Å². The van der Waals surface area contributed by atoms with E-state index in [-0.39, 0.29) is 11.7 Å². The number of nitrogens with zero attached hydrogens (tertiary/aromatic N) is 3. The number of likely N-dealkylation sites (N-methyl/N-ethyl adjacent to an activating group) is 1. The largest absolute Gasteiger partial charge is 0.369 e. The molecule has 0 bridgehead atoms. The lowest BCUT2D eigenvalue weighted by atomic mass is 10.1. The molecular formula is C26H29FN4OS. The normalized spacial score (nSPS) is 14.3. The third kappa shape index (κ3) is 5.92. The Morgan fingerprint density at radius 1 is 1.09 bits per heavy atom. The number of aryl methyl sites for hydroxylation is 1. The molecule has 7 heteroatoms. The summed E-state index contributed by atoms with van der Waals surface area (Å²) < 4.78 is 13.1. The zero-order valence-electron chi connectivity index (χ0n) is 19.1. The van der Waals surface area contributed by atoms with Gasteiger partial charge in [-0.3, -0.25) is 4.79 Å². The van der Waals surface area contributed by atoms with E-state index in [1.165, 1.54) is 29.6 Å². The number of thioether (sulfide) groups is 1. The monoisotopic (exact) mass is 464 g/mol. The van der Waals surface area contributed by atoms with Crippen LogP contribution in [-0.2, 0) is 5.75 Å². The summed E-state index contributed by atoms with van der Waals surface area (Å²) in [5, 5.41) is 3.71. The van der Waals surface area contributed by atoms with Gasteiger partial charge in [0.1, 0.15) is 10.8 Å². The van der Waals surface area contributed by atoms with Gasteiger partial charge in [0.2, 0.25) is 0 Å². The van der Waals surface area contributed by atoms with E-state index >= 15 is 0 Å². The van der Waals surface area contributed by atoms with Crippen LogP contribution >= 0.6 is 11.8 Å². The van der Waals surface area contributed by atoms with Crippen molar-refractivity contribution in [2.45, 2.75) is 24.6 Å². The molecule has 172 valence electrons. The Kier molecular flexibility index (Phi) is 7.62. The first-order chi connectivity index (χ1) is 16.0. The van der Waals surface area contributed by atoms with E-state index in [0.29, 0.717) is 16.3 Å². The molecule has 1 saturated heterocycles. The molecular weight excluding hydrogens is 435 g/mol. The number of amides is 1. The number of carbonyl (C=O) groups is 1. The van der Waals surface area contributed by atoms with Gasteiger partial charge in [0.05, 0.1) is 5.56 Å². The number of anilines is 2. The molecule has 1 aromatic heterocycles. The minimum absolute atomic E-state index is 0.183. The molecule has 0 spiro atoms. The Bertz CT molecular complexity index is 1100. The SMILES string of the molecule is CCN1CCN(c2ccc(NC(=O)c3cccnc3SCc3ccc(F)cc3)c(C)c2)CC1. The van der Waals surface area contributed by atoms with Gasteiger partial charge in [-0.2, -0.15) is 0 Å². The Hall–Kier alpha value is -2.90. The van der Waals surface area contributed by atoms with Crippen LogP contribution in [0.2, 0.25) is 0 Å². The number of hydrogen-bond donors (Lipinski definition) is 1. The second kappa shape index (κ2) is 10.8. The third-order valence-electron chi connectivity index (χ3n) is 5.95. The van der Waals surface area contributed by atoms with Crippen molar-refractivity contribution >= 4 is 29.0 Å². The number of rotatable bonds is 7. The molecule has 5 nitrogen and oxygen atoms in total. The number of halogens is 1. The molecule has 1 N–H and O–H groups in total. The first kappa shape index (κ1) is 23.3. The van der Waals surface area contributed by atoms with Crippen molar-refractivity contribution in [2.75, 3.05) is 42.9 Å². The number of pyridine rings is 1. The zero-order valence-corrected chi connectivity index (χ0v) is 19.9. The van der Waals surface area contributed by atoms with Gasteiger partial charge in [0.25, 0.3) is 5.91 Å². The van der Waals surface area contributed by atoms with Gasteiger partial charge in [-0.25, -0.2) is 9.37 Å². The number of aromatic nitrogens is 1. The summed E-state index contributed by atoms with van der Waals surface area (Å²) in [5.41, 5.74) is 4.53. The van der Waals surface area contributed by atoms with Crippen molar-refractivity contribution in [1.29, 1.82) is 0 Å². The standard InChI is InChI=1S/C26H29FN4OS/c1-3-30-13-15-31(16-14-30)22-10-11-24(19(2)17-22)29-25(32)23-5-4-12-28-26(23)33-18-20-6-8-21(27)9-7-20/h4-12,17H,3,13-16,18H2,1-2H3,(H,29,32). The molecule has 0 saturated carbocycles. The van der Waals surface area contributed by atoms with E-state index in [4.69, 9.17) is 0 Å². The maximum Gasteiger partial charge on any atom is 0.258 e. The van der Waals surface area contributed by atoms with Crippen LogP contribution in [0.3, 0.4) is 0 Å². The Morgan fingerprint density at radius 3 is 2.55 bits per heavy atom. The van der Waals surface area contributed by atoms with Crippen LogP contribution in [0.5, 0.6) is 0 Å². The van der Waals surface area contributed by atoms with Crippen LogP contribution in [0, 0.1) is 12.7 Å². The highest BCUT2D eigenvalue weighted by Crippen LogP contribution is 2.27. The lowest BCUT2D eigenvalue weighted by molar-refractivity contribution is 0.102. The first-order valence-corrected chi connectivity index (χ1v) is 12.2. The maximum atomic E-state index is 13.1. The quantitative estimate of drug-likeness (QED) is 0.486. The third-order valence-corrected chi connectivity index (χ3v) is 7.02. The topological polar surface area (TPSA) is 48.5 Å². The van der Waals surface area contributed by atoms with Gasteiger partial charge in [-0.15, -0.1) is 11.8 Å². The van der Waals surface area contributed by atoms with Gasteiger partial charge in [-0.1, -0.05) is 19.1 Å². The predicted molar refractivity (Wildman–Crippen MR) is 134 cm³/mol. The number of piperazine rings is 1. The van der Waals surface area contributed by atoms with Crippen LogP contribution in [0.15, 0.2) is 65.8 Å². The Balaban J connectivity index is 1.42. The van der Waals surface area contributed by atoms with Crippen molar-refractivity contribution in [2.24, 2.45) is 0 Å². The summed E-state index contributed by atoms with van der Waals surface area (Å²) in [6.45, 7) is 9.50. The highest BCUT2D eigenvalue weighted by molar-refractivity contribution is 7.98. The summed E-state index contributed by atoms with van der Waals surface area (Å²) >= 11 is 1.47. The van der Waals surface area contributed by atoms with E-state index in [2.05, 4.69) is 39.2 Å². The van der Waals surface area contributed by atoms with Gasteiger partial charge in [-0.05, 0) is 67.1 Å². The van der Waals surface area contributed by atoms with E-state index in [0.717, 1.165) is 49.5 Å². The fourth-order valence-corrected chi connectivity index (χ4v) is 4.86. The molecule has 3 aromatic rings. The number of hydrogen-bond acceptors (Lipinski definition) is 5. The fourth-order valence-electron chi connectivity index (χ4n) is 3.91. The summed E-state index contributed by atoms with van der Waals surface area (Å²) in [6, 6.07) is 16.1. The molecule has 33 heavy (non-hydrogen) atoms. The van der Waals surface area contributed by atoms with Gasteiger partial charge < -0.3 is 15.1 Å². The molecule has 1 fully saturated rings. The zero-order chi connectivity index (χ0) is 23.2. The number of carbonyl (C=O) groups excluding carboxylic acids is 1. The van der Waals surface area contributed by atoms with Crippen molar-refractivity contribution in [1.82, 2.24) is 9.88 Å². The van der Waals surface area contributed by atoms with Crippen molar-refractivity contribution in [3.63, 3.8) is 0 Å². The molecule has 4 rings (SSSR count).